The molecular weight excluding hydrogens is 336 g/mol. The van der Waals surface area contributed by atoms with E-state index in [4.69, 9.17) is 14.2 Å². The molecule has 1 unspecified atom stereocenters. The van der Waals surface area contributed by atoms with Crippen LogP contribution in [-0.2, 0) is 9.84 Å². The van der Waals surface area contributed by atoms with E-state index in [0.29, 0.717) is 23.7 Å². The van der Waals surface area contributed by atoms with Crippen LogP contribution >= 0.6 is 0 Å². The first-order valence-corrected chi connectivity index (χ1v) is 9.34. The fourth-order valence-electron chi connectivity index (χ4n) is 2.34. The highest BCUT2D eigenvalue weighted by molar-refractivity contribution is 7.91. The number of amides is 2. The number of hydrogen-bond donors (Lipinski definition) is 2. The molecule has 0 spiro atoms. The van der Waals surface area contributed by atoms with Gasteiger partial charge in [0.15, 0.2) is 9.84 Å². The lowest BCUT2D eigenvalue weighted by atomic mass is 10.3. The quantitative estimate of drug-likeness (QED) is 0.691. The number of hydrogen-bond acceptors (Lipinski definition) is 6. The third-order valence-electron chi connectivity index (χ3n) is 3.55. The van der Waals surface area contributed by atoms with E-state index >= 15 is 0 Å². The molecule has 1 heterocycles. The standard InChI is InChI=1S/C15H22N2O6S/c1-21-12-7-13(22-2)9-14(8-12)23-5-4-16-15(18)17-11-3-6-24(19,20)10-11/h7-9,11H,3-6,10H2,1-2H3,(H2,16,17,18). The van der Waals surface area contributed by atoms with Crippen molar-refractivity contribution >= 4 is 15.9 Å². The van der Waals surface area contributed by atoms with Gasteiger partial charge in [-0.15, -0.1) is 0 Å². The third-order valence-corrected chi connectivity index (χ3v) is 5.32. The lowest BCUT2D eigenvalue weighted by Crippen LogP contribution is -2.43. The van der Waals surface area contributed by atoms with Gasteiger partial charge in [0.05, 0.1) is 32.3 Å². The number of carbonyl (C=O) groups is 1. The Morgan fingerprint density at radius 2 is 1.79 bits per heavy atom. The van der Waals surface area contributed by atoms with E-state index in [-0.39, 0.29) is 30.7 Å². The highest BCUT2D eigenvalue weighted by Crippen LogP contribution is 2.27. The summed E-state index contributed by atoms with van der Waals surface area (Å²) in [5.41, 5.74) is 0. The molecule has 1 saturated heterocycles. The summed E-state index contributed by atoms with van der Waals surface area (Å²) in [6.07, 6.45) is 0.454. The zero-order valence-electron chi connectivity index (χ0n) is 13.7. The Kier molecular flexibility index (Phi) is 6.13. The summed E-state index contributed by atoms with van der Waals surface area (Å²) >= 11 is 0. The molecule has 134 valence electrons. The van der Waals surface area contributed by atoms with Crippen LogP contribution in [0.4, 0.5) is 4.79 Å². The Labute approximate surface area is 141 Å². The van der Waals surface area contributed by atoms with Crippen molar-refractivity contribution in [1.82, 2.24) is 10.6 Å². The highest BCUT2D eigenvalue weighted by Gasteiger charge is 2.28. The average Bonchev–Trinajstić information content (AvgIpc) is 2.89. The lowest BCUT2D eigenvalue weighted by Gasteiger charge is -2.13. The Morgan fingerprint density at radius 3 is 2.33 bits per heavy atom. The smallest absolute Gasteiger partial charge is 0.315 e. The molecule has 2 amide bonds. The fraction of sp³-hybridized carbons (Fsp3) is 0.533. The summed E-state index contributed by atoms with van der Waals surface area (Å²) in [4.78, 5) is 11.7. The maximum absolute atomic E-state index is 11.7. The van der Waals surface area contributed by atoms with E-state index in [1.807, 2.05) is 0 Å². The van der Waals surface area contributed by atoms with Crippen LogP contribution in [0.25, 0.3) is 0 Å². The van der Waals surface area contributed by atoms with Crippen molar-refractivity contribution < 1.29 is 27.4 Å². The molecular formula is C15H22N2O6S. The van der Waals surface area contributed by atoms with Crippen molar-refractivity contribution in [2.24, 2.45) is 0 Å². The molecule has 0 bridgehead atoms. The number of rotatable bonds is 7. The minimum Gasteiger partial charge on any atom is -0.496 e. The molecule has 1 aromatic carbocycles. The maximum atomic E-state index is 11.7. The molecule has 1 fully saturated rings. The molecule has 0 radical (unpaired) electrons. The predicted octanol–water partition coefficient (Wildman–Crippen LogP) is 0.569. The van der Waals surface area contributed by atoms with Crippen LogP contribution in [0.1, 0.15) is 6.42 Å². The monoisotopic (exact) mass is 358 g/mol. The first-order valence-electron chi connectivity index (χ1n) is 7.52. The first-order chi connectivity index (χ1) is 11.4. The number of urea groups is 1. The molecule has 0 aromatic heterocycles. The number of benzene rings is 1. The molecule has 8 nitrogen and oxygen atoms in total. The highest BCUT2D eigenvalue weighted by atomic mass is 32.2. The minimum atomic E-state index is -3.01. The van der Waals surface area contributed by atoms with Gasteiger partial charge in [-0.2, -0.15) is 0 Å². The van der Waals surface area contributed by atoms with E-state index < -0.39 is 15.9 Å². The topological polar surface area (TPSA) is 103 Å². The second-order valence-corrected chi connectivity index (χ2v) is 7.63. The maximum Gasteiger partial charge on any atom is 0.315 e. The summed E-state index contributed by atoms with van der Waals surface area (Å²) in [6.45, 7) is 0.539. The van der Waals surface area contributed by atoms with Gasteiger partial charge in [0.1, 0.15) is 23.9 Å². The van der Waals surface area contributed by atoms with Gasteiger partial charge in [-0.1, -0.05) is 0 Å². The van der Waals surface area contributed by atoms with Crippen LogP contribution < -0.4 is 24.8 Å². The van der Waals surface area contributed by atoms with Gasteiger partial charge in [0.25, 0.3) is 0 Å². The summed E-state index contributed by atoms with van der Waals surface area (Å²) in [5, 5.41) is 5.28. The summed E-state index contributed by atoms with van der Waals surface area (Å²) in [6, 6.07) is 4.44. The predicted molar refractivity (Wildman–Crippen MR) is 88.6 cm³/mol. The van der Waals surface area contributed by atoms with Gasteiger partial charge in [-0.25, -0.2) is 13.2 Å². The molecule has 1 aliphatic rings. The largest absolute Gasteiger partial charge is 0.496 e. The van der Waals surface area contributed by atoms with Crippen LogP contribution in [0.2, 0.25) is 0 Å². The van der Waals surface area contributed by atoms with Crippen LogP contribution in [0.5, 0.6) is 17.2 Å². The number of carbonyl (C=O) groups excluding carboxylic acids is 1. The number of methoxy groups -OCH3 is 2. The van der Waals surface area contributed by atoms with Crippen LogP contribution in [-0.4, -0.2) is 59.4 Å². The van der Waals surface area contributed by atoms with Gasteiger partial charge < -0.3 is 24.8 Å². The van der Waals surface area contributed by atoms with Gasteiger partial charge in [0.2, 0.25) is 0 Å². The van der Waals surface area contributed by atoms with E-state index in [2.05, 4.69) is 10.6 Å². The van der Waals surface area contributed by atoms with Crippen molar-refractivity contribution in [2.75, 3.05) is 38.9 Å². The van der Waals surface area contributed by atoms with Gasteiger partial charge in [0, 0.05) is 24.2 Å². The van der Waals surface area contributed by atoms with E-state index in [1.165, 1.54) is 0 Å². The molecule has 0 saturated carbocycles. The first kappa shape index (κ1) is 18.2. The van der Waals surface area contributed by atoms with E-state index in [0.717, 1.165) is 0 Å². The molecule has 0 aliphatic carbocycles. The molecule has 1 aromatic rings. The van der Waals surface area contributed by atoms with Crippen LogP contribution in [0.3, 0.4) is 0 Å². The molecule has 24 heavy (non-hydrogen) atoms. The van der Waals surface area contributed by atoms with Crippen molar-refractivity contribution in [3.8, 4) is 17.2 Å². The fourth-order valence-corrected chi connectivity index (χ4v) is 4.02. The van der Waals surface area contributed by atoms with Gasteiger partial charge >= 0.3 is 6.03 Å². The van der Waals surface area contributed by atoms with E-state index in [9.17, 15) is 13.2 Å². The third kappa shape index (κ3) is 5.48. The molecule has 1 aliphatic heterocycles. The summed E-state index contributed by atoms with van der Waals surface area (Å²) < 4.78 is 38.5. The Balaban J connectivity index is 1.72. The number of sulfone groups is 1. The van der Waals surface area contributed by atoms with Crippen molar-refractivity contribution in [1.29, 1.82) is 0 Å². The summed E-state index contributed by atoms with van der Waals surface area (Å²) in [7, 11) is 0.0921. The van der Waals surface area contributed by atoms with Crippen molar-refractivity contribution in [3.63, 3.8) is 0 Å². The Bertz CT molecular complexity index is 654. The SMILES string of the molecule is COc1cc(OC)cc(OCCNC(=O)NC2CCS(=O)(=O)C2)c1. The second kappa shape index (κ2) is 8.09. The molecule has 2 N–H and O–H groups in total. The minimum absolute atomic E-state index is 0.000520. The number of nitrogens with one attached hydrogen (secondary N) is 2. The molecule has 1 atom stereocenters. The summed E-state index contributed by atoms with van der Waals surface area (Å²) in [5.74, 6) is 1.91. The Morgan fingerprint density at radius 1 is 1.17 bits per heavy atom. The number of ether oxygens (including phenoxy) is 3. The molecule has 9 heteroatoms. The van der Waals surface area contributed by atoms with Gasteiger partial charge in [-0.05, 0) is 6.42 Å². The zero-order valence-corrected chi connectivity index (χ0v) is 14.5. The molecule has 2 rings (SSSR count). The Hall–Kier alpha value is -2.16. The van der Waals surface area contributed by atoms with Gasteiger partial charge in [-0.3, -0.25) is 0 Å². The van der Waals surface area contributed by atoms with Crippen molar-refractivity contribution in [2.45, 2.75) is 12.5 Å². The normalized spacial score (nSPS) is 18.7. The zero-order chi connectivity index (χ0) is 17.6. The van der Waals surface area contributed by atoms with Crippen LogP contribution in [0.15, 0.2) is 18.2 Å². The van der Waals surface area contributed by atoms with E-state index in [1.54, 1.807) is 32.4 Å². The average molecular weight is 358 g/mol. The van der Waals surface area contributed by atoms with Crippen molar-refractivity contribution in [3.05, 3.63) is 18.2 Å². The second-order valence-electron chi connectivity index (χ2n) is 5.40. The van der Waals surface area contributed by atoms with Crippen LogP contribution in [0, 0.1) is 0 Å². The lowest BCUT2D eigenvalue weighted by molar-refractivity contribution is 0.233.